The second-order valence-corrected chi connectivity index (χ2v) is 6.26. The van der Waals surface area contributed by atoms with E-state index in [0.717, 1.165) is 18.7 Å². The highest BCUT2D eigenvalue weighted by Crippen LogP contribution is 2.20. The van der Waals surface area contributed by atoms with Crippen molar-refractivity contribution in [3.8, 4) is 0 Å². The van der Waals surface area contributed by atoms with Gasteiger partial charge in [0.05, 0.1) is 17.4 Å². The van der Waals surface area contributed by atoms with Gasteiger partial charge in [-0.1, -0.05) is 6.07 Å². The van der Waals surface area contributed by atoms with Crippen molar-refractivity contribution >= 4 is 28.9 Å². The Morgan fingerprint density at radius 1 is 1.08 bits per heavy atom. The predicted octanol–water partition coefficient (Wildman–Crippen LogP) is 2.47. The van der Waals surface area contributed by atoms with Crippen LogP contribution in [-0.2, 0) is 4.79 Å². The Balaban J connectivity index is 1.98. The van der Waals surface area contributed by atoms with E-state index in [1.165, 1.54) is 6.92 Å². The SMILES string of the molecule is CC(=O)Nc1cccc(Nc2cncc(C(=O)NCCCN(C)C)c2)c1. The smallest absolute Gasteiger partial charge is 0.252 e. The van der Waals surface area contributed by atoms with Gasteiger partial charge in [0.25, 0.3) is 5.91 Å². The summed E-state index contributed by atoms with van der Waals surface area (Å²) in [5.41, 5.74) is 2.69. The molecule has 0 atom stereocenters. The Hall–Kier alpha value is -2.93. The standard InChI is InChI=1S/C19H25N5O2/c1-14(25)22-16-6-4-7-17(11-16)23-18-10-15(12-20-13-18)19(26)21-8-5-9-24(2)3/h4,6-7,10-13,23H,5,8-9H2,1-3H3,(H,21,26)(H,22,25). The first-order valence-electron chi connectivity index (χ1n) is 8.46. The molecule has 138 valence electrons. The van der Waals surface area contributed by atoms with Gasteiger partial charge in [0.15, 0.2) is 0 Å². The van der Waals surface area contributed by atoms with E-state index in [2.05, 4.69) is 25.8 Å². The molecule has 7 heteroatoms. The third kappa shape index (κ3) is 6.52. The van der Waals surface area contributed by atoms with Crippen molar-refractivity contribution in [2.24, 2.45) is 0 Å². The first kappa shape index (κ1) is 19.4. The zero-order valence-corrected chi connectivity index (χ0v) is 15.4. The zero-order valence-electron chi connectivity index (χ0n) is 15.4. The largest absolute Gasteiger partial charge is 0.354 e. The van der Waals surface area contributed by atoms with Crippen molar-refractivity contribution in [1.29, 1.82) is 0 Å². The minimum atomic E-state index is -0.146. The highest BCUT2D eigenvalue weighted by atomic mass is 16.2. The van der Waals surface area contributed by atoms with Gasteiger partial charge in [-0.05, 0) is 51.3 Å². The molecule has 0 fully saturated rings. The molecule has 3 N–H and O–H groups in total. The molecule has 7 nitrogen and oxygen atoms in total. The number of rotatable bonds is 8. The van der Waals surface area contributed by atoms with Crippen LogP contribution in [0.4, 0.5) is 17.1 Å². The fourth-order valence-electron chi connectivity index (χ4n) is 2.38. The monoisotopic (exact) mass is 355 g/mol. The van der Waals surface area contributed by atoms with Crippen molar-refractivity contribution < 1.29 is 9.59 Å². The van der Waals surface area contributed by atoms with E-state index in [9.17, 15) is 9.59 Å². The van der Waals surface area contributed by atoms with Crippen LogP contribution >= 0.6 is 0 Å². The second-order valence-electron chi connectivity index (χ2n) is 6.26. The molecule has 0 saturated carbocycles. The molecule has 0 unspecified atom stereocenters. The number of anilines is 3. The van der Waals surface area contributed by atoms with Crippen molar-refractivity contribution in [2.45, 2.75) is 13.3 Å². The normalized spacial score (nSPS) is 10.5. The third-order valence-electron chi connectivity index (χ3n) is 3.54. The average Bonchev–Trinajstić information content (AvgIpc) is 2.58. The lowest BCUT2D eigenvalue weighted by molar-refractivity contribution is -0.114. The van der Waals surface area contributed by atoms with Crippen molar-refractivity contribution in [1.82, 2.24) is 15.2 Å². The van der Waals surface area contributed by atoms with Crippen LogP contribution in [-0.4, -0.2) is 48.9 Å². The summed E-state index contributed by atoms with van der Waals surface area (Å²) in [5.74, 6) is -0.274. The maximum atomic E-state index is 12.2. The van der Waals surface area contributed by atoms with Crippen LogP contribution in [0.1, 0.15) is 23.7 Å². The van der Waals surface area contributed by atoms with E-state index in [1.807, 2.05) is 38.4 Å². The quantitative estimate of drug-likeness (QED) is 0.633. The summed E-state index contributed by atoms with van der Waals surface area (Å²) < 4.78 is 0. The van der Waals surface area contributed by atoms with Crippen LogP contribution in [0, 0.1) is 0 Å². The average molecular weight is 355 g/mol. The van der Waals surface area contributed by atoms with Crippen molar-refractivity contribution in [3.63, 3.8) is 0 Å². The summed E-state index contributed by atoms with van der Waals surface area (Å²) in [4.78, 5) is 29.6. The van der Waals surface area contributed by atoms with Crippen molar-refractivity contribution in [2.75, 3.05) is 37.8 Å². The van der Waals surface area contributed by atoms with E-state index in [4.69, 9.17) is 0 Å². The van der Waals surface area contributed by atoms with Crippen LogP contribution in [0.2, 0.25) is 0 Å². The molecule has 2 aromatic rings. The molecule has 0 radical (unpaired) electrons. The number of amides is 2. The van der Waals surface area contributed by atoms with Gasteiger partial charge in [-0.2, -0.15) is 0 Å². The number of benzene rings is 1. The number of carbonyl (C=O) groups excluding carboxylic acids is 2. The molecule has 2 rings (SSSR count). The van der Waals surface area contributed by atoms with Gasteiger partial charge in [-0.15, -0.1) is 0 Å². The number of pyridine rings is 1. The summed E-state index contributed by atoms with van der Waals surface area (Å²) >= 11 is 0. The van der Waals surface area contributed by atoms with E-state index < -0.39 is 0 Å². The number of nitrogens with one attached hydrogen (secondary N) is 3. The van der Waals surface area contributed by atoms with Crippen LogP contribution in [0.25, 0.3) is 0 Å². The lowest BCUT2D eigenvalue weighted by Gasteiger charge is -2.11. The molecule has 1 aromatic carbocycles. The number of hydrogen-bond donors (Lipinski definition) is 3. The first-order valence-corrected chi connectivity index (χ1v) is 8.46. The molecule has 0 bridgehead atoms. The second kappa shape index (κ2) is 9.53. The summed E-state index contributed by atoms with van der Waals surface area (Å²) in [6.07, 6.45) is 4.08. The number of aromatic nitrogens is 1. The van der Waals surface area contributed by atoms with E-state index in [1.54, 1.807) is 18.5 Å². The lowest BCUT2D eigenvalue weighted by atomic mass is 10.2. The fourth-order valence-corrected chi connectivity index (χ4v) is 2.38. The van der Waals surface area contributed by atoms with Crippen LogP contribution in [0.15, 0.2) is 42.7 Å². The zero-order chi connectivity index (χ0) is 18.9. The third-order valence-corrected chi connectivity index (χ3v) is 3.54. The Bertz CT molecular complexity index is 761. The molecular formula is C19H25N5O2. The van der Waals surface area contributed by atoms with Gasteiger partial charge in [-0.3, -0.25) is 14.6 Å². The number of hydrogen-bond acceptors (Lipinski definition) is 5. The van der Waals surface area contributed by atoms with Gasteiger partial charge in [0, 0.05) is 31.0 Å². The van der Waals surface area contributed by atoms with E-state index >= 15 is 0 Å². The molecule has 0 aliphatic rings. The highest BCUT2D eigenvalue weighted by Gasteiger charge is 2.07. The molecule has 0 saturated heterocycles. The number of nitrogens with zero attached hydrogens (tertiary/aromatic N) is 2. The molecule has 0 aliphatic heterocycles. The maximum Gasteiger partial charge on any atom is 0.252 e. The van der Waals surface area contributed by atoms with Crippen molar-refractivity contribution in [3.05, 3.63) is 48.3 Å². The first-order chi connectivity index (χ1) is 12.4. The Kier molecular flexibility index (Phi) is 7.11. The molecular weight excluding hydrogens is 330 g/mol. The van der Waals surface area contributed by atoms with Crippen LogP contribution in [0.5, 0.6) is 0 Å². The maximum absolute atomic E-state index is 12.2. The molecule has 2 amide bonds. The molecule has 0 spiro atoms. The van der Waals surface area contributed by atoms with Gasteiger partial charge >= 0.3 is 0 Å². The number of carbonyl (C=O) groups is 2. The van der Waals surface area contributed by atoms with E-state index in [0.29, 0.717) is 23.5 Å². The minimum Gasteiger partial charge on any atom is -0.354 e. The predicted molar refractivity (Wildman–Crippen MR) is 104 cm³/mol. The Morgan fingerprint density at radius 3 is 2.58 bits per heavy atom. The topological polar surface area (TPSA) is 86.4 Å². The molecule has 0 aliphatic carbocycles. The molecule has 1 aromatic heterocycles. The Labute approximate surface area is 153 Å². The molecule has 26 heavy (non-hydrogen) atoms. The fraction of sp³-hybridized carbons (Fsp3) is 0.316. The summed E-state index contributed by atoms with van der Waals surface area (Å²) in [5, 5.41) is 8.82. The van der Waals surface area contributed by atoms with Crippen LogP contribution < -0.4 is 16.0 Å². The van der Waals surface area contributed by atoms with E-state index in [-0.39, 0.29) is 11.8 Å². The van der Waals surface area contributed by atoms with Crippen LogP contribution in [0.3, 0.4) is 0 Å². The summed E-state index contributed by atoms with van der Waals surface area (Å²) in [6.45, 7) is 3.00. The lowest BCUT2D eigenvalue weighted by Crippen LogP contribution is -2.27. The highest BCUT2D eigenvalue weighted by molar-refractivity contribution is 5.95. The van der Waals surface area contributed by atoms with Gasteiger partial charge in [0.2, 0.25) is 5.91 Å². The molecule has 1 heterocycles. The van der Waals surface area contributed by atoms with Gasteiger partial charge < -0.3 is 20.9 Å². The summed E-state index contributed by atoms with van der Waals surface area (Å²) in [6, 6.07) is 9.08. The Morgan fingerprint density at radius 2 is 1.85 bits per heavy atom. The van der Waals surface area contributed by atoms with Gasteiger partial charge in [-0.25, -0.2) is 0 Å². The van der Waals surface area contributed by atoms with Gasteiger partial charge in [0.1, 0.15) is 0 Å². The summed E-state index contributed by atoms with van der Waals surface area (Å²) in [7, 11) is 4.00. The minimum absolute atomic E-state index is 0.128.